The van der Waals surface area contributed by atoms with Gasteiger partial charge < -0.3 is 10.2 Å². The molecule has 1 aliphatic heterocycles. The van der Waals surface area contributed by atoms with Crippen molar-refractivity contribution in [2.24, 2.45) is 5.92 Å². The summed E-state index contributed by atoms with van der Waals surface area (Å²) in [5, 5.41) is 2.40. The zero-order valence-corrected chi connectivity index (χ0v) is 12.0. The number of quaternary nitrogens is 1. The quantitative estimate of drug-likeness (QED) is 0.879. The van der Waals surface area contributed by atoms with E-state index in [0.717, 1.165) is 36.9 Å². The van der Waals surface area contributed by atoms with Gasteiger partial charge in [-0.1, -0.05) is 19.1 Å². The zero-order valence-electron chi connectivity index (χ0n) is 12.0. The summed E-state index contributed by atoms with van der Waals surface area (Å²) in [7, 11) is 0. The van der Waals surface area contributed by atoms with Gasteiger partial charge >= 0.3 is 6.18 Å². The average Bonchev–Trinajstić information content (AvgIpc) is 2.37. The number of halogens is 3. The first-order valence-electron chi connectivity index (χ1n) is 7.16. The third-order valence-electron chi connectivity index (χ3n) is 3.78. The van der Waals surface area contributed by atoms with Crippen LogP contribution in [0.2, 0.25) is 0 Å². The molecule has 2 N–H and O–H groups in total. The van der Waals surface area contributed by atoms with Crippen molar-refractivity contribution in [1.29, 1.82) is 0 Å². The highest BCUT2D eigenvalue weighted by Crippen LogP contribution is 2.34. The largest absolute Gasteiger partial charge is 0.418 e. The summed E-state index contributed by atoms with van der Waals surface area (Å²) < 4.78 is 38.6. The van der Waals surface area contributed by atoms with Crippen LogP contribution < -0.4 is 10.2 Å². The highest BCUT2D eigenvalue weighted by atomic mass is 19.4. The van der Waals surface area contributed by atoms with Gasteiger partial charge in [0.05, 0.1) is 24.3 Å². The van der Waals surface area contributed by atoms with E-state index in [1.807, 2.05) is 0 Å². The second kappa shape index (κ2) is 6.47. The minimum absolute atomic E-state index is 0.167. The fourth-order valence-electron chi connectivity index (χ4n) is 2.82. The molecule has 2 atom stereocenters. The van der Waals surface area contributed by atoms with Gasteiger partial charge in [0.25, 0.3) is 5.91 Å². The van der Waals surface area contributed by atoms with Gasteiger partial charge in [-0.2, -0.15) is 13.2 Å². The lowest BCUT2D eigenvalue weighted by atomic mass is 10.0. The molecule has 1 aliphatic rings. The lowest BCUT2D eigenvalue weighted by Gasteiger charge is -2.27. The molecule has 0 aliphatic carbocycles. The molecule has 1 heterocycles. The maximum absolute atomic E-state index is 12.9. The van der Waals surface area contributed by atoms with Crippen LogP contribution >= 0.6 is 0 Å². The van der Waals surface area contributed by atoms with Crippen LogP contribution in [0.15, 0.2) is 24.3 Å². The summed E-state index contributed by atoms with van der Waals surface area (Å²) in [5.41, 5.74) is -0.972. The van der Waals surface area contributed by atoms with E-state index in [1.165, 1.54) is 18.2 Å². The van der Waals surface area contributed by atoms with E-state index in [4.69, 9.17) is 0 Å². The van der Waals surface area contributed by atoms with Gasteiger partial charge in [-0.15, -0.1) is 0 Å². The molecule has 0 spiro atoms. The monoisotopic (exact) mass is 301 g/mol. The summed E-state index contributed by atoms with van der Waals surface area (Å²) in [6.45, 7) is 4.15. The number of hydrogen-bond acceptors (Lipinski definition) is 1. The Balaban J connectivity index is 2.00. The first-order chi connectivity index (χ1) is 9.86. The molecule has 1 amide bonds. The normalized spacial score (nSPS) is 22.9. The van der Waals surface area contributed by atoms with Crippen molar-refractivity contribution in [2.75, 3.05) is 25.0 Å². The van der Waals surface area contributed by atoms with Crippen molar-refractivity contribution in [3.8, 4) is 0 Å². The number of anilines is 1. The molecule has 1 unspecified atom stereocenters. The van der Waals surface area contributed by atoms with Gasteiger partial charge in [0.1, 0.15) is 0 Å². The van der Waals surface area contributed by atoms with Gasteiger partial charge in [-0.25, -0.2) is 0 Å². The summed E-state index contributed by atoms with van der Waals surface area (Å²) >= 11 is 0. The molecule has 0 bridgehead atoms. The second-order valence-electron chi connectivity index (χ2n) is 5.72. The molecular weight excluding hydrogens is 281 g/mol. The lowest BCUT2D eigenvalue weighted by molar-refractivity contribution is -0.900. The number of nitrogens with one attached hydrogen (secondary N) is 2. The molecule has 0 aromatic heterocycles. The number of carbonyl (C=O) groups excluding carboxylic acids is 1. The summed E-state index contributed by atoms with van der Waals surface area (Å²) in [6.07, 6.45) is -2.25. The minimum Gasteiger partial charge on any atom is -0.327 e. The predicted octanol–water partition coefficient (Wildman–Crippen LogP) is 1.96. The number of amides is 1. The molecule has 6 heteroatoms. The number of piperidine rings is 1. The fraction of sp³-hybridized carbons (Fsp3) is 0.533. The summed E-state index contributed by atoms with van der Waals surface area (Å²) in [5.74, 6) is 0.194. The van der Waals surface area contributed by atoms with Gasteiger partial charge in [0.2, 0.25) is 0 Å². The first kappa shape index (κ1) is 15.8. The van der Waals surface area contributed by atoms with E-state index < -0.39 is 11.7 Å². The molecule has 21 heavy (non-hydrogen) atoms. The fourth-order valence-corrected chi connectivity index (χ4v) is 2.82. The van der Waals surface area contributed by atoms with E-state index in [2.05, 4.69) is 12.2 Å². The molecule has 1 aromatic carbocycles. The molecule has 116 valence electrons. The Morgan fingerprint density at radius 1 is 1.38 bits per heavy atom. The number of rotatable bonds is 3. The number of alkyl halides is 3. The Morgan fingerprint density at radius 3 is 2.76 bits per heavy atom. The van der Waals surface area contributed by atoms with Crippen LogP contribution in [0, 0.1) is 5.92 Å². The Labute approximate surface area is 122 Å². The number of carbonyl (C=O) groups is 1. The molecular formula is C15H20F3N2O+. The zero-order chi connectivity index (χ0) is 15.5. The van der Waals surface area contributed by atoms with Crippen molar-refractivity contribution < 1.29 is 22.9 Å². The highest BCUT2D eigenvalue weighted by Gasteiger charge is 2.33. The maximum Gasteiger partial charge on any atom is 0.418 e. The Kier molecular flexibility index (Phi) is 4.88. The van der Waals surface area contributed by atoms with Crippen molar-refractivity contribution in [2.45, 2.75) is 25.9 Å². The van der Waals surface area contributed by atoms with Crippen LogP contribution in [0.3, 0.4) is 0 Å². The lowest BCUT2D eigenvalue weighted by Crippen LogP contribution is -3.14. The van der Waals surface area contributed by atoms with Crippen molar-refractivity contribution >= 4 is 11.6 Å². The van der Waals surface area contributed by atoms with Crippen molar-refractivity contribution in [1.82, 2.24) is 0 Å². The molecule has 0 saturated carbocycles. The number of likely N-dealkylation sites (tertiary alicyclic amines) is 1. The van der Waals surface area contributed by atoms with E-state index in [-0.39, 0.29) is 18.1 Å². The summed E-state index contributed by atoms with van der Waals surface area (Å²) in [4.78, 5) is 13.1. The van der Waals surface area contributed by atoms with Crippen LogP contribution in [0.4, 0.5) is 18.9 Å². The predicted molar refractivity (Wildman–Crippen MR) is 74.0 cm³/mol. The Hall–Kier alpha value is -1.56. The first-order valence-corrected chi connectivity index (χ1v) is 7.16. The summed E-state index contributed by atoms with van der Waals surface area (Å²) in [6, 6.07) is 5.07. The van der Waals surface area contributed by atoms with Crippen LogP contribution in [0.25, 0.3) is 0 Å². The molecule has 1 fully saturated rings. The average molecular weight is 301 g/mol. The number of para-hydroxylation sites is 1. The standard InChI is InChI=1S/C15H19F3N2O/c1-11-5-4-8-20(9-11)10-14(21)19-13-7-3-2-6-12(13)15(16,17)18/h2-3,6-7,11H,4-5,8-10H2,1H3,(H,19,21)/p+1/t11-/m0/s1. The molecule has 3 nitrogen and oxygen atoms in total. The molecule has 0 radical (unpaired) electrons. The Bertz CT molecular complexity index is 502. The van der Waals surface area contributed by atoms with Gasteiger partial charge in [-0.05, 0) is 25.0 Å². The van der Waals surface area contributed by atoms with Crippen molar-refractivity contribution in [3.63, 3.8) is 0 Å². The minimum atomic E-state index is -4.46. The second-order valence-corrected chi connectivity index (χ2v) is 5.72. The van der Waals surface area contributed by atoms with Crippen LogP contribution in [0.5, 0.6) is 0 Å². The van der Waals surface area contributed by atoms with E-state index >= 15 is 0 Å². The van der Waals surface area contributed by atoms with Gasteiger partial charge in [0.15, 0.2) is 6.54 Å². The van der Waals surface area contributed by atoms with E-state index in [0.29, 0.717) is 5.92 Å². The maximum atomic E-state index is 12.9. The molecule has 1 aromatic rings. The topological polar surface area (TPSA) is 33.5 Å². The highest BCUT2D eigenvalue weighted by molar-refractivity contribution is 5.92. The molecule has 2 rings (SSSR count). The van der Waals surface area contributed by atoms with Crippen molar-refractivity contribution in [3.05, 3.63) is 29.8 Å². The third-order valence-corrected chi connectivity index (χ3v) is 3.78. The van der Waals surface area contributed by atoms with E-state index in [9.17, 15) is 18.0 Å². The van der Waals surface area contributed by atoms with Gasteiger partial charge in [0, 0.05) is 5.92 Å². The smallest absolute Gasteiger partial charge is 0.327 e. The van der Waals surface area contributed by atoms with Crippen LogP contribution in [0.1, 0.15) is 25.3 Å². The SMILES string of the molecule is C[C@H]1CCC[NH+](CC(=O)Nc2ccccc2C(F)(F)F)C1. The van der Waals surface area contributed by atoms with Crippen LogP contribution in [-0.2, 0) is 11.0 Å². The van der Waals surface area contributed by atoms with E-state index in [1.54, 1.807) is 0 Å². The third kappa shape index (κ3) is 4.46. The van der Waals surface area contributed by atoms with Gasteiger partial charge in [-0.3, -0.25) is 4.79 Å². The molecule has 1 saturated heterocycles. The Morgan fingerprint density at radius 2 is 2.10 bits per heavy atom. The number of hydrogen-bond donors (Lipinski definition) is 2. The number of benzene rings is 1. The van der Waals surface area contributed by atoms with Crippen LogP contribution in [-0.4, -0.2) is 25.5 Å².